The monoisotopic (exact) mass is 413 g/mol. The van der Waals surface area contributed by atoms with Crippen LogP contribution in [-0.2, 0) is 16.1 Å². The Morgan fingerprint density at radius 3 is 2.30 bits per heavy atom. The molecule has 1 fully saturated rings. The van der Waals surface area contributed by atoms with Crippen molar-refractivity contribution in [1.82, 2.24) is 5.32 Å². The number of cyclic esters (lactones) is 1. The van der Waals surface area contributed by atoms with Crippen molar-refractivity contribution >= 4 is 5.97 Å². The summed E-state index contributed by atoms with van der Waals surface area (Å²) in [4.78, 5) is 12.8. The Labute approximate surface area is 174 Å². The van der Waals surface area contributed by atoms with Crippen LogP contribution in [0.4, 0.5) is 0 Å². The van der Waals surface area contributed by atoms with Gasteiger partial charge in [0.1, 0.15) is 6.61 Å². The number of carbonyl (C=O) groups is 1. The second kappa shape index (κ2) is 7.28. The van der Waals surface area contributed by atoms with Gasteiger partial charge in [0.05, 0.1) is 33.3 Å². The van der Waals surface area contributed by atoms with E-state index in [-0.39, 0.29) is 24.7 Å². The first-order valence-electron chi connectivity index (χ1n) is 9.77. The van der Waals surface area contributed by atoms with Crippen molar-refractivity contribution in [2.75, 3.05) is 34.7 Å². The Hall–Kier alpha value is -3.13. The maximum atomic E-state index is 12.8. The fraction of sp³-hybridized carbons (Fsp3) is 0.409. The number of hydrogen-bond acceptors (Lipinski definition) is 8. The normalized spacial score (nSPS) is 23.8. The SMILES string of the molecule is COc1cc([C@@H]2c3cc4c(cc3CN[C@H]3COC(=O)[C@H]23)OCO4)cc(OC)c1OC. The molecule has 0 aromatic heterocycles. The predicted octanol–water partition coefficient (Wildman–Crippen LogP) is 2.22. The number of nitrogens with one attached hydrogen (secondary N) is 1. The number of ether oxygens (including phenoxy) is 6. The molecule has 2 aromatic carbocycles. The Kier molecular flexibility index (Phi) is 4.58. The summed E-state index contributed by atoms with van der Waals surface area (Å²) in [5.74, 6) is 2.07. The van der Waals surface area contributed by atoms with E-state index in [1.807, 2.05) is 24.3 Å². The topological polar surface area (TPSA) is 84.5 Å². The Bertz CT molecular complexity index is 980. The third kappa shape index (κ3) is 2.82. The van der Waals surface area contributed by atoms with Crippen molar-refractivity contribution in [2.45, 2.75) is 18.5 Å². The fourth-order valence-electron chi connectivity index (χ4n) is 4.64. The van der Waals surface area contributed by atoms with Gasteiger partial charge in [0.25, 0.3) is 0 Å². The lowest BCUT2D eigenvalue weighted by molar-refractivity contribution is -0.141. The highest BCUT2D eigenvalue weighted by atomic mass is 16.7. The van der Waals surface area contributed by atoms with E-state index in [4.69, 9.17) is 28.4 Å². The lowest BCUT2D eigenvalue weighted by atomic mass is 9.77. The van der Waals surface area contributed by atoms with Gasteiger partial charge in [0, 0.05) is 12.5 Å². The van der Waals surface area contributed by atoms with E-state index in [1.54, 1.807) is 21.3 Å². The van der Waals surface area contributed by atoms with Gasteiger partial charge in [-0.15, -0.1) is 0 Å². The number of fused-ring (bicyclic) bond motifs is 3. The second-order valence-electron chi connectivity index (χ2n) is 7.48. The third-order valence-corrected chi connectivity index (χ3v) is 6.04. The molecule has 0 radical (unpaired) electrons. The van der Waals surface area contributed by atoms with Crippen LogP contribution in [0.25, 0.3) is 0 Å². The summed E-state index contributed by atoms with van der Waals surface area (Å²) < 4.78 is 33.2. The molecule has 3 aliphatic rings. The van der Waals surface area contributed by atoms with Gasteiger partial charge in [-0.3, -0.25) is 4.79 Å². The first-order valence-corrected chi connectivity index (χ1v) is 9.77. The Morgan fingerprint density at radius 1 is 0.933 bits per heavy atom. The van der Waals surface area contributed by atoms with Crippen LogP contribution < -0.4 is 29.0 Å². The molecule has 0 spiro atoms. The van der Waals surface area contributed by atoms with Crippen molar-refractivity contribution < 1.29 is 33.2 Å². The quantitative estimate of drug-likeness (QED) is 0.764. The van der Waals surface area contributed by atoms with Gasteiger partial charge in [-0.25, -0.2) is 0 Å². The van der Waals surface area contributed by atoms with Crippen molar-refractivity contribution in [3.05, 3.63) is 41.0 Å². The number of carbonyl (C=O) groups excluding carboxylic acids is 1. The molecule has 30 heavy (non-hydrogen) atoms. The van der Waals surface area contributed by atoms with E-state index in [9.17, 15) is 4.79 Å². The van der Waals surface area contributed by atoms with Crippen LogP contribution in [0.2, 0.25) is 0 Å². The minimum Gasteiger partial charge on any atom is -0.493 e. The number of methoxy groups -OCH3 is 3. The average Bonchev–Trinajstić information content (AvgIpc) is 3.33. The zero-order valence-electron chi connectivity index (χ0n) is 17.0. The molecule has 5 rings (SSSR count). The average molecular weight is 413 g/mol. The van der Waals surface area contributed by atoms with E-state index in [1.165, 1.54) is 0 Å². The van der Waals surface area contributed by atoms with Crippen molar-refractivity contribution in [1.29, 1.82) is 0 Å². The first-order chi connectivity index (χ1) is 14.6. The summed E-state index contributed by atoms with van der Waals surface area (Å²) in [6.07, 6.45) is 0. The molecule has 2 aromatic rings. The summed E-state index contributed by atoms with van der Waals surface area (Å²) in [6, 6.07) is 7.65. The minimum absolute atomic E-state index is 0.106. The predicted molar refractivity (Wildman–Crippen MR) is 106 cm³/mol. The van der Waals surface area contributed by atoms with Gasteiger partial charge in [-0.05, 0) is 41.0 Å². The summed E-state index contributed by atoms with van der Waals surface area (Å²) >= 11 is 0. The molecule has 3 atom stereocenters. The van der Waals surface area contributed by atoms with E-state index < -0.39 is 5.92 Å². The summed E-state index contributed by atoms with van der Waals surface area (Å²) in [7, 11) is 4.72. The van der Waals surface area contributed by atoms with Gasteiger partial charge in [-0.2, -0.15) is 0 Å². The van der Waals surface area contributed by atoms with Gasteiger partial charge in [0.15, 0.2) is 23.0 Å². The van der Waals surface area contributed by atoms with Crippen LogP contribution in [0.15, 0.2) is 24.3 Å². The molecule has 1 saturated heterocycles. The van der Waals surface area contributed by atoms with Gasteiger partial charge >= 0.3 is 5.97 Å². The molecular formula is C22H23NO7. The lowest BCUT2D eigenvalue weighted by Crippen LogP contribution is -2.36. The summed E-state index contributed by atoms with van der Waals surface area (Å²) in [5, 5.41) is 3.47. The maximum Gasteiger partial charge on any atom is 0.311 e. The van der Waals surface area contributed by atoms with Gasteiger partial charge < -0.3 is 33.7 Å². The van der Waals surface area contributed by atoms with E-state index >= 15 is 0 Å². The summed E-state index contributed by atoms with van der Waals surface area (Å²) in [5.41, 5.74) is 2.93. The Morgan fingerprint density at radius 2 is 1.63 bits per heavy atom. The number of benzene rings is 2. The smallest absolute Gasteiger partial charge is 0.311 e. The van der Waals surface area contributed by atoms with Crippen LogP contribution in [0, 0.1) is 5.92 Å². The zero-order valence-corrected chi connectivity index (χ0v) is 17.0. The molecule has 3 heterocycles. The second-order valence-corrected chi connectivity index (χ2v) is 7.48. The molecule has 0 amide bonds. The van der Waals surface area contributed by atoms with E-state index in [0.717, 1.165) is 16.7 Å². The maximum absolute atomic E-state index is 12.8. The number of esters is 1. The van der Waals surface area contributed by atoms with Crippen LogP contribution in [0.1, 0.15) is 22.6 Å². The highest BCUT2D eigenvalue weighted by molar-refractivity contribution is 5.78. The highest BCUT2D eigenvalue weighted by Gasteiger charge is 2.46. The molecular weight excluding hydrogens is 390 g/mol. The van der Waals surface area contributed by atoms with E-state index in [2.05, 4.69) is 5.32 Å². The Balaban J connectivity index is 1.73. The van der Waals surface area contributed by atoms with Gasteiger partial charge in [-0.1, -0.05) is 0 Å². The van der Waals surface area contributed by atoms with Crippen LogP contribution >= 0.6 is 0 Å². The number of rotatable bonds is 4. The molecule has 0 saturated carbocycles. The zero-order chi connectivity index (χ0) is 20.8. The summed E-state index contributed by atoms with van der Waals surface area (Å²) in [6.45, 7) is 1.13. The molecule has 0 bridgehead atoms. The van der Waals surface area contributed by atoms with E-state index in [0.29, 0.717) is 41.9 Å². The largest absolute Gasteiger partial charge is 0.493 e. The first kappa shape index (κ1) is 18.9. The standard InChI is InChI=1S/C22H23NO7/c1-25-17-4-11(5-18(26-2)21(17)27-3)19-13-7-16-15(29-10-30-16)6-12(13)8-23-14-9-28-22(24)20(14)19/h4-7,14,19-20,23H,8-10H2,1-3H3/t14-,19+,20-/m0/s1. The molecule has 8 heteroatoms. The van der Waals surface area contributed by atoms with Crippen molar-refractivity contribution in [2.24, 2.45) is 5.92 Å². The van der Waals surface area contributed by atoms with Gasteiger partial charge in [0.2, 0.25) is 12.5 Å². The van der Waals surface area contributed by atoms with Crippen LogP contribution in [0.5, 0.6) is 28.7 Å². The molecule has 0 aliphatic carbocycles. The van der Waals surface area contributed by atoms with Crippen molar-refractivity contribution in [3.8, 4) is 28.7 Å². The lowest BCUT2D eigenvalue weighted by Gasteiger charge is -2.26. The minimum atomic E-state index is -0.394. The third-order valence-electron chi connectivity index (χ3n) is 6.04. The molecule has 8 nitrogen and oxygen atoms in total. The molecule has 158 valence electrons. The molecule has 1 N–H and O–H groups in total. The number of hydrogen-bond donors (Lipinski definition) is 1. The molecule has 3 aliphatic heterocycles. The molecule has 0 unspecified atom stereocenters. The van der Waals surface area contributed by atoms with Crippen LogP contribution in [-0.4, -0.2) is 46.7 Å². The highest BCUT2D eigenvalue weighted by Crippen LogP contribution is 2.48. The van der Waals surface area contributed by atoms with Crippen LogP contribution in [0.3, 0.4) is 0 Å². The van der Waals surface area contributed by atoms with Crippen molar-refractivity contribution in [3.63, 3.8) is 0 Å². The fourth-order valence-corrected chi connectivity index (χ4v) is 4.64.